The van der Waals surface area contributed by atoms with Gasteiger partial charge in [0.05, 0.1) is 18.3 Å². The number of allylic oxidation sites excluding steroid dienone is 1. The van der Waals surface area contributed by atoms with Crippen molar-refractivity contribution in [2.24, 2.45) is 22.7 Å². The van der Waals surface area contributed by atoms with E-state index in [9.17, 15) is 15.3 Å². The van der Waals surface area contributed by atoms with Crippen molar-refractivity contribution in [3.05, 3.63) is 11.6 Å². The fourth-order valence-electron chi connectivity index (χ4n) is 6.31. The van der Waals surface area contributed by atoms with Crippen LogP contribution in [-0.4, -0.2) is 33.6 Å². The lowest BCUT2D eigenvalue weighted by molar-refractivity contribution is -0.0384. The molecule has 7 unspecified atom stereocenters. The minimum absolute atomic E-state index is 0.0478. The van der Waals surface area contributed by atoms with Crippen molar-refractivity contribution in [1.82, 2.24) is 0 Å². The van der Waals surface area contributed by atoms with Gasteiger partial charge in [0.1, 0.15) is 0 Å². The summed E-state index contributed by atoms with van der Waals surface area (Å²) in [6.45, 7) is 6.49. The molecule has 0 radical (unpaired) electrons. The second-order valence-corrected chi connectivity index (χ2v) is 9.38. The molecule has 3 N–H and O–H groups in total. The van der Waals surface area contributed by atoms with Crippen LogP contribution in [0.4, 0.5) is 0 Å². The Morgan fingerprint density at radius 1 is 1.08 bits per heavy atom. The summed E-state index contributed by atoms with van der Waals surface area (Å²) in [4.78, 5) is 0. The summed E-state index contributed by atoms with van der Waals surface area (Å²) in [5.74, 6) is 0.601. The van der Waals surface area contributed by atoms with Crippen LogP contribution in [0, 0.1) is 22.7 Å². The van der Waals surface area contributed by atoms with E-state index in [4.69, 9.17) is 0 Å². The molecule has 0 bridgehead atoms. The number of aliphatic hydroxyl groups is 3. The smallest absolute Gasteiger partial charge is 0.0724 e. The number of aliphatic hydroxyl groups excluding tert-OH is 3. The minimum Gasteiger partial charge on any atom is -0.393 e. The lowest BCUT2D eigenvalue weighted by Gasteiger charge is -2.50. The lowest BCUT2D eigenvalue weighted by atomic mass is 9.56. The molecule has 3 heteroatoms. The minimum atomic E-state index is -0.307. The Morgan fingerprint density at radius 3 is 2.50 bits per heavy atom. The van der Waals surface area contributed by atoms with Gasteiger partial charge in [0.2, 0.25) is 0 Å². The van der Waals surface area contributed by atoms with Crippen LogP contribution in [0.1, 0.15) is 78.6 Å². The highest BCUT2D eigenvalue weighted by molar-refractivity contribution is 5.23. The summed E-state index contributed by atoms with van der Waals surface area (Å²) < 4.78 is 0. The summed E-state index contributed by atoms with van der Waals surface area (Å²) >= 11 is 0. The molecular formula is C21H36O3. The molecule has 3 nitrogen and oxygen atoms in total. The Morgan fingerprint density at radius 2 is 1.79 bits per heavy atom. The molecular weight excluding hydrogens is 300 g/mol. The predicted molar refractivity (Wildman–Crippen MR) is 96.5 cm³/mol. The molecule has 2 fully saturated rings. The maximum Gasteiger partial charge on any atom is 0.0724 e. The molecule has 0 aromatic rings. The van der Waals surface area contributed by atoms with Crippen molar-refractivity contribution in [1.29, 1.82) is 0 Å². The van der Waals surface area contributed by atoms with Crippen LogP contribution in [0.5, 0.6) is 0 Å². The maximum absolute atomic E-state index is 11.2. The van der Waals surface area contributed by atoms with Crippen molar-refractivity contribution in [3.63, 3.8) is 0 Å². The molecule has 138 valence electrons. The summed E-state index contributed by atoms with van der Waals surface area (Å²) in [6.07, 6.45) is 10.4. The Labute approximate surface area is 147 Å². The van der Waals surface area contributed by atoms with Gasteiger partial charge in [0.25, 0.3) is 0 Å². The van der Waals surface area contributed by atoms with Crippen LogP contribution in [0.25, 0.3) is 0 Å². The van der Waals surface area contributed by atoms with Crippen LogP contribution in [0.3, 0.4) is 0 Å². The third-order valence-electron chi connectivity index (χ3n) is 7.75. The third kappa shape index (κ3) is 3.20. The van der Waals surface area contributed by atoms with Crippen LogP contribution >= 0.6 is 0 Å². The van der Waals surface area contributed by atoms with Crippen LogP contribution in [-0.2, 0) is 0 Å². The number of hydrogen-bond acceptors (Lipinski definition) is 3. The Balaban J connectivity index is 1.77. The van der Waals surface area contributed by atoms with Crippen molar-refractivity contribution in [2.45, 2.75) is 96.9 Å². The van der Waals surface area contributed by atoms with Gasteiger partial charge in [0.15, 0.2) is 0 Å². The summed E-state index contributed by atoms with van der Waals surface area (Å²) in [6, 6.07) is 0. The Kier molecular flexibility index (Phi) is 5.17. The quantitative estimate of drug-likeness (QED) is 0.684. The van der Waals surface area contributed by atoms with E-state index in [2.05, 4.69) is 19.9 Å². The number of rotatable bonds is 4. The van der Waals surface area contributed by atoms with Gasteiger partial charge in [0, 0.05) is 0 Å². The summed E-state index contributed by atoms with van der Waals surface area (Å²) in [5.41, 5.74) is 1.48. The second kappa shape index (κ2) is 6.74. The average Bonchev–Trinajstić information content (AvgIpc) is 2.88. The van der Waals surface area contributed by atoms with Crippen LogP contribution in [0.15, 0.2) is 11.6 Å². The molecule has 0 aromatic carbocycles. The summed E-state index contributed by atoms with van der Waals surface area (Å²) in [7, 11) is 0. The van der Waals surface area contributed by atoms with Gasteiger partial charge in [-0.1, -0.05) is 31.9 Å². The summed E-state index contributed by atoms with van der Waals surface area (Å²) in [5, 5.41) is 31.3. The number of fused-ring (bicyclic) bond motifs is 1. The van der Waals surface area contributed by atoms with Gasteiger partial charge < -0.3 is 15.3 Å². The highest BCUT2D eigenvalue weighted by Gasteiger charge is 2.49. The molecule has 0 heterocycles. The van der Waals surface area contributed by atoms with Gasteiger partial charge in [-0.05, 0) is 81.0 Å². The van der Waals surface area contributed by atoms with E-state index in [-0.39, 0.29) is 35.1 Å². The monoisotopic (exact) mass is 336 g/mol. The van der Waals surface area contributed by atoms with E-state index in [0.29, 0.717) is 5.92 Å². The highest BCUT2D eigenvalue weighted by atomic mass is 16.3. The van der Waals surface area contributed by atoms with E-state index in [1.807, 2.05) is 6.92 Å². The molecule has 7 atom stereocenters. The van der Waals surface area contributed by atoms with E-state index in [0.717, 1.165) is 57.8 Å². The zero-order valence-electron chi connectivity index (χ0n) is 15.7. The lowest BCUT2D eigenvalue weighted by Crippen LogP contribution is -2.45. The fraction of sp³-hybridized carbons (Fsp3) is 0.905. The van der Waals surface area contributed by atoms with Gasteiger partial charge in [-0.15, -0.1) is 0 Å². The molecule has 0 saturated heterocycles. The molecule has 0 aromatic heterocycles. The first-order valence-electron chi connectivity index (χ1n) is 10.0. The molecule has 0 aliphatic heterocycles. The van der Waals surface area contributed by atoms with Gasteiger partial charge >= 0.3 is 0 Å². The van der Waals surface area contributed by atoms with Crippen LogP contribution < -0.4 is 0 Å². The first kappa shape index (κ1) is 18.4. The molecule has 3 rings (SSSR count). The van der Waals surface area contributed by atoms with Gasteiger partial charge in [-0.3, -0.25) is 0 Å². The van der Waals surface area contributed by atoms with Crippen LogP contribution in [0.2, 0.25) is 0 Å². The van der Waals surface area contributed by atoms with Crippen molar-refractivity contribution in [2.75, 3.05) is 0 Å². The van der Waals surface area contributed by atoms with Crippen molar-refractivity contribution in [3.8, 4) is 0 Å². The normalized spacial score (nSPS) is 45.4. The molecule has 3 aliphatic carbocycles. The van der Waals surface area contributed by atoms with E-state index in [1.165, 1.54) is 5.57 Å². The van der Waals surface area contributed by atoms with Crippen molar-refractivity contribution >= 4 is 0 Å². The molecule has 2 saturated carbocycles. The average molecular weight is 337 g/mol. The zero-order chi connectivity index (χ0) is 17.5. The molecule has 24 heavy (non-hydrogen) atoms. The second-order valence-electron chi connectivity index (χ2n) is 9.38. The third-order valence-corrected chi connectivity index (χ3v) is 7.75. The Bertz CT molecular complexity index is 485. The largest absolute Gasteiger partial charge is 0.393 e. The van der Waals surface area contributed by atoms with E-state index in [1.54, 1.807) is 0 Å². The first-order valence-corrected chi connectivity index (χ1v) is 10.0. The van der Waals surface area contributed by atoms with Gasteiger partial charge in [-0.25, -0.2) is 0 Å². The maximum atomic E-state index is 11.2. The Hall–Kier alpha value is -0.380. The van der Waals surface area contributed by atoms with Crippen molar-refractivity contribution < 1.29 is 15.3 Å². The SMILES string of the molecule is CC(O)C1CCCC1(C)CC(O)C1CCCC2=CC(O)CCC21C. The fourth-order valence-corrected chi connectivity index (χ4v) is 6.31. The molecule has 0 amide bonds. The highest BCUT2D eigenvalue weighted by Crippen LogP contribution is 2.55. The van der Waals surface area contributed by atoms with Gasteiger partial charge in [-0.2, -0.15) is 0 Å². The first-order chi connectivity index (χ1) is 11.3. The molecule has 0 spiro atoms. The predicted octanol–water partition coefficient (Wildman–Crippen LogP) is 3.81. The van der Waals surface area contributed by atoms with E-state index < -0.39 is 0 Å². The number of hydrogen-bond donors (Lipinski definition) is 3. The topological polar surface area (TPSA) is 60.7 Å². The molecule has 3 aliphatic rings. The standard InChI is InChI=1S/C21H36O3/c1-14(22)17-8-5-10-20(17,2)13-19(24)18-7-4-6-15-12-16(23)9-11-21(15,18)3/h12,14,16-19,22-24H,4-11,13H2,1-3H3. The van der Waals surface area contributed by atoms with E-state index >= 15 is 0 Å². The zero-order valence-corrected chi connectivity index (χ0v) is 15.7.